The molecule has 3 heteroatoms. The number of pyridine rings is 1. The predicted molar refractivity (Wildman–Crippen MR) is 67.6 cm³/mol. The highest BCUT2D eigenvalue weighted by Gasteiger charge is 2.09. The molecule has 0 bridgehead atoms. The Morgan fingerprint density at radius 1 is 1.24 bits per heavy atom. The number of benzene rings is 1. The molecule has 2 aromatic rings. The van der Waals surface area contributed by atoms with Crippen molar-refractivity contribution >= 4 is 0 Å². The summed E-state index contributed by atoms with van der Waals surface area (Å²) in [5, 5.41) is 0. The maximum absolute atomic E-state index is 5.90. The quantitative estimate of drug-likeness (QED) is 0.875. The van der Waals surface area contributed by atoms with Gasteiger partial charge in [0.25, 0.3) is 0 Å². The average Bonchev–Trinajstić information content (AvgIpc) is 2.40. The monoisotopic (exact) mass is 228 g/mol. The number of hydrogen-bond donors (Lipinski definition) is 1. The highest BCUT2D eigenvalue weighted by molar-refractivity contribution is 5.33. The fraction of sp³-hybridized carbons (Fsp3) is 0.214. The largest absolute Gasteiger partial charge is 0.486 e. The van der Waals surface area contributed by atoms with Gasteiger partial charge in [0, 0.05) is 30.1 Å². The molecule has 1 heterocycles. The van der Waals surface area contributed by atoms with Crippen molar-refractivity contribution in [2.45, 2.75) is 19.6 Å². The zero-order valence-electron chi connectivity index (χ0n) is 9.84. The molecule has 0 saturated carbocycles. The van der Waals surface area contributed by atoms with E-state index >= 15 is 0 Å². The van der Waals surface area contributed by atoms with E-state index in [2.05, 4.69) is 4.98 Å². The first-order valence-electron chi connectivity index (χ1n) is 5.66. The van der Waals surface area contributed by atoms with Gasteiger partial charge in [-0.25, -0.2) is 0 Å². The summed E-state index contributed by atoms with van der Waals surface area (Å²) in [6.45, 7) is 2.49. The molecule has 2 rings (SSSR count). The molecular formula is C14H16N2O. The van der Waals surface area contributed by atoms with Crippen LogP contribution in [0.4, 0.5) is 0 Å². The highest BCUT2D eigenvalue weighted by Crippen LogP contribution is 2.24. The molecule has 17 heavy (non-hydrogen) atoms. The molecule has 0 aliphatic rings. The van der Waals surface area contributed by atoms with E-state index in [9.17, 15) is 0 Å². The van der Waals surface area contributed by atoms with Gasteiger partial charge in [-0.3, -0.25) is 4.98 Å². The molecule has 0 amide bonds. The summed E-state index contributed by atoms with van der Waals surface area (Å²) >= 11 is 0. The van der Waals surface area contributed by atoms with Crippen molar-refractivity contribution in [3.63, 3.8) is 0 Å². The lowest BCUT2D eigenvalue weighted by molar-refractivity contribution is 0.224. The van der Waals surface area contributed by atoms with Gasteiger partial charge in [0.05, 0.1) is 0 Å². The van der Waals surface area contributed by atoms with E-state index in [1.165, 1.54) is 0 Å². The number of nitrogens with two attached hydrogens (primary N) is 1. The van der Waals surface area contributed by atoms with Crippen molar-refractivity contribution in [3.8, 4) is 5.75 Å². The van der Waals surface area contributed by atoms with Gasteiger partial charge in [0.1, 0.15) is 11.9 Å². The van der Waals surface area contributed by atoms with Crippen LogP contribution in [0.1, 0.15) is 24.2 Å². The normalized spacial score (nSPS) is 12.1. The smallest absolute Gasteiger partial charge is 0.124 e. The fourth-order valence-electron chi connectivity index (χ4n) is 1.66. The molecule has 0 fully saturated rings. The Balaban J connectivity index is 2.16. The Labute approximate surface area is 101 Å². The molecule has 1 aromatic carbocycles. The van der Waals surface area contributed by atoms with E-state index in [1.807, 2.05) is 49.5 Å². The van der Waals surface area contributed by atoms with Gasteiger partial charge < -0.3 is 10.5 Å². The second-order valence-corrected chi connectivity index (χ2v) is 3.86. The topological polar surface area (TPSA) is 48.1 Å². The van der Waals surface area contributed by atoms with Crippen LogP contribution in [0, 0.1) is 0 Å². The van der Waals surface area contributed by atoms with Gasteiger partial charge in [0.15, 0.2) is 0 Å². The third kappa shape index (κ3) is 2.82. The van der Waals surface area contributed by atoms with Gasteiger partial charge in [-0.15, -0.1) is 0 Å². The van der Waals surface area contributed by atoms with Crippen molar-refractivity contribution in [2.75, 3.05) is 0 Å². The van der Waals surface area contributed by atoms with E-state index in [0.29, 0.717) is 6.54 Å². The van der Waals surface area contributed by atoms with Gasteiger partial charge in [-0.2, -0.15) is 0 Å². The van der Waals surface area contributed by atoms with E-state index in [-0.39, 0.29) is 6.10 Å². The van der Waals surface area contributed by atoms with Crippen molar-refractivity contribution < 1.29 is 4.74 Å². The van der Waals surface area contributed by atoms with Gasteiger partial charge in [-0.05, 0) is 19.1 Å². The standard InChI is InChI=1S/C14H16N2O/c1-11(13-6-4-8-16-10-13)17-14-7-3-2-5-12(14)9-15/h2-8,10-11H,9,15H2,1H3. The van der Waals surface area contributed by atoms with Crippen molar-refractivity contribution in [2.24, 2.45) is 5.73 Å². The number of rotatable bonds is 4. The summed E-state index contributed by atoms with van der Waals surface area (Å²) in [6, 6.07) is 11.7. The Morgan fingerprint density at radius 3 is 2.76 bits per heavy atom. The molecule has 1 unspecified atom stereocenters. The minimum atomic E-state index is -0.0311. The summed E-state index contributed by atoms with van der Waals surface area (Å²) in [4.78, 5) is 4.09. The Hall–Kier alpha value is -1.87. The Kier molecular flexibility index (Phi) is 3.73. The molecule has 0 radical (unpaired) electrons. The molecule has 3 nitrogen and oxygen atoms in total. The summed E-state index contributed by atoms with van der Waals surface area (Å²) < 4.78 is 5.90. The lowest BCUT2D eigenvalue weighted by Crippen LogP contribution is -2.07. The number of hydrogen-bond acceptors (Lipinski definition) is 3. The Bertz CT molecular complexity index is 471. The number of nitrogens with zero attached hydrogens (tertiary/aromatic N) is 1. The van der Waals surface area contributed by atoms with Crippen LogP contribution in [-0.2, 0) is 6.54 Å². The maximum Gasteiger partial charge on any atom is 0.124 e. The molecular weight excluding hydrogens is 212 g/mol. The Morgan fingerprint density at radius 2 is 2.06 bits per heavy atom. The molecule has 1 atom stereocenters. The van der Waals surface area contributed by atoms with Gasteiger partial charge in [0.2, 0.25) is 0 Å². The van der Waals surface area contributed by atoms with Crippen LogP contribution in [0.15, 0.2) is 48.8 Å². The van der Waals surface area contributed by atoms with Crippen LogP contribution in [0.5, 0.6) is 5.75 Å². The molecule has 0 saturated heterocycles. The van der Waals surface area contributed by atoms with E-state index in [1.54, 1.807) is 6.20 Å². The summed E-state index contributed by atoms with van der Waals surface area (Å²) in [7, 11) is 0. The molecule has 0 aliphatic heterocycles. The first-order valence-corrected chi connectivity index (χ1v) is 5.66. The summed E-state index contributed by atoms with van der Waals surface area (Å²) in [5.74, 6) is 0.839. The first kappa shape index (κ1) is 11.6. The fourth-order valence-corrected chi connectivity index (χ4v) is 1.66. The van der Waals surface area contributed by atoms with Crippen LogP contribution in [0.3, 0.4) is 0 Å². The van der Waals surface area contributed by atoms with Crippen LogP contribution in [0.25, 0.3) is 0 Å². The van der Waals surface area contributed by atoms with Gasteiger partial charge in [-0.1, -0.05) is 24.3 Å². The molecule has 1 aromatic heterocycles. The van der Waals surface area contributed by atoms with Crippen LogP contribution in [-0.4, -0.2) is 4.98 Å². The van der Waals surface area contributed by atoms with Crippen molar-refractivity contribution in [1.29, 1.82) is 0 Å². The van der Waals surface area contributed by atoms with Crippen molar-refractivity contribution in [3.05, 3.63) is 59.9 Å². The molecule has 0 aliphatic carbocycles. The zero-order chi connectivity index (χ0) is 12.1. The molecule has 0 spiro atoms. The lowest BCUT2D eigenvalue weighted by atomic mass is 10.1. The lowest BCUT2D eigenvalue weighted by Gasteiger charge is -2.16. The minimum Gasteiger partial charge on any atom is -0.486 e. The van der Waals surface area contributed by atoms with Crippen LogP contribution in [0.2, 0.25) is 0 Å². The van der Waals surface area contributed by atoms with Crippen molar-refractivity contribution in [1.82, 2.24) is 4.98 Å². The summed E-state index contributed by atoms with van der Waals surface area (Å²) in [6.07, 6.45) is 3.54. The van der Waals surface area contributed by atoms with Crippen LogP contribution >= 0.6 is 0 Å². The van der Waals surface area contributed by atoms with Gasteiger partial charge >= 0.3 is 0 Å². The van der Waals surface area contributed by atoms with E-state index in [0.717, 1.165) is 16.9 Å². The second-order valence-electron chi connectivity index (χ2n) is 3.86. The van der Waals surface area contributed by atoms with Crippen LogP contribution < -0.4 is 10.5 Å². The third-order valence-electron chi connectivity index (χ3n) is 2.65. The maximum atomic E-state index is 5.90. The third-order valence-corrected chi connectivity index (χ3v) is 2.65. The van der Waals surface area contributed by atoms with E-state index in [4.69, 9.17) is 10.5 Å². The molecule has 2 N–H and O–H groups in total. The zero-order valence-corrected chi connectivity index (χ0v) is 9.84. The predicted octanol–water partition coefficient (Wildman–Crippen LogP) is 2.68. The minimum absolute atomic E-state index is 0.0311. The van der Waals surface area contributed by atoms with E-state index < -0.39 is 0 Å². The average molecular weight is 228 g/mol. The highest BCUT2D eigenvalue weighted by atomic mass is 16.5. The molecule has 88 valence electrons. The number of para-hydroxylation sites is 1. The summed E-state index contributed by atoms with van der Waals surface area (Å²) in [5.41, 5.74) is 7.74. The number of ether oxygens (including phenoxy) is 1. The first-order chi connectivity index (χ1) is 8.31. The number of aromatic nitrogens is 1. The second kappa shape index (κ2) is 5.46. The SMILES string of the molecule is CC(Oc1ccccc1CN)c1cccnc1.